The molecule has 7 nitrogen and oxygen atoms in total. The third-order valence-corrected chi connectivity index (χ3v) is 2.96. The van der Waals surface area contributed by atoms with Crippen LogP contribution in [0.25, 0.3) is 0 Å². The number of nitrogens with one attached hydrogen (secondary N) is 2. The molecule has 0 atom stereocenters. The molecule has 0 saturated carbocycles. The predicted molar refractivity (Wildman–Crippen MR) is 77.4 cm³/mol. The zero-order chi connectivity index (χ0) is 15.2. The molecule has 0 saturated heterocycles. The molecule has 0 fully saturated rings. The minimum Gasteiger partial charge on any atom is -0.469 e. The summed E-state index contributed by atoms with van der Waals surface area (Å²) in [4.78, 5) is 22.5. The normalized spacial score (nSPS) is 10.1. The van der Waals surface area contributed by atoms with Crippen molar-refractivity contribution in [3.05, 3.63) is 58.0 Å². The molecule has 0 spiro atoms. The van der Waals surface area contributed by atoms with Crippen LogP contribution in [0.15, 0.2) is 41.0 Å². The Morgan fingerprint density at radius 1 is 1.38 bits per heavy atom. The average Bonchev–Trinajstić information content (AvgIpc) is 2.99. The summed E-state index contributed by atoms with van der Waals surface area (Å²) in [5.74, 6) is 0.263. The summed E-state index contributed by atoms with van der Waals surface area (Å²) in [5.41, 5.74) is 0.451. The molecular weight excluding hydrogens is 274 g/mol. The largest absolute Gasteiger partial charge is 0.469 e. The number of hydrogen-bond acceptors (Lipinski definition) is 5. The molecule has 1 heterocycles. The molecule has 1 aromatic heterocycles. The summed E-state index contributed by atoms with van der Waals surface area (Å²) < 4.78 is 5.15. The summed E-state index contributed by atoms with van der Waals surface area (Å²) in [5, 5.41) is 16.5. The summed E-state index contributed by atoms with van der Waals surface area (Å²) in [6, 6.07) is 7.89. The van der Waals surface area contributed by atoms with E-state index in [1.165, 1.54) is 12.1 Å². The quantitative estimate of drug-likeness (QED) is 0.627. The second-order valence-electron chi connectivity index (χ2n) is 4.32. The van der Waals surface area contributed by atoms with E-state index in [1.54, 1.807) is 31.5 Å². The van der Waals surface area contributed by atoms with Gasteiger partial charge in [-0.3, -0.25) is 14.9 Å². The third-order valence-electron chi connectivity index (χ3n) is 2.96. The molecule has 0 aliphatic carbocycles. The smallest absolute Gasteiger partial charge is 0.282 e. The van der Waals surface area contributed by atoms with Gasteiger partial charge in [0.15, 0.2) is 0 Å². The molecule has 0 unspecified atom stereocenters. The second-order valence-corrected chi connectivity index (χ2v) is 4.32. The van der Waals surface area contributed by atoms with Crippen LogP contribution in [0.1, 0.15) is 16.1 Å². The Morgan fingerprint density at radius 3 is 2.81 bits per heavy atom. The maximum absolute atomic E-state index is 12.1. The number of benzene rings is 1. The number of furan rings is 1. The highest BCUT2D eigenvalue weighted by molar-refractivity contribution is 5.99. The highest BCUT2D eigenvalue weighted by atomic mass is 16.6. The van der Waals surface area contributed by atoms with Crippen LogP contribution >= 0.6 is 0 Å². The first kappa shape index (κ1) is 14.6. The average molecular weight is 289 g/mol. The Kier molecular flexibility index (Phi) is 4.55. The number of carbonyl (C=O) groups is 1. The van der Waals surface area contributed by atoms with Crippen molar-refractivity contribution in [3.63, 3.8) is 0 Å². The van der Waals surface area contributed by atoms with E-state index in [2.05, 4.69) is 10.6 Å². The highest BCUT2D eigenvalue weighted by Gasteiger charge is 2.20. The molecule has 7 heteroatoms. The van der Waals surface area contributed by atoms with Crippen LogP contribution in [-0.2, 0) is 6.42 Å². The minimum atomic E-state index is -0.569. The molecule has 0 aliphatic rings. The van der Waals surface area contributed by atoms with Crippen LogP contribution in [0.4, 0.5) is 11.4 Å². The van der Waals surface area contributed by atoms with Crippen molar-refractivity contribution in [2.24, 2.45) is 0 Å². The number of nitro groups is 1. The second kappa shape index (κ2) is 6.56. The van der Waals surface area contributed by atoms with Gasteiger partial charge in [-0.15, -0.1) is 0 Å². The number of nitro benzene ring substituents is 1. The number of anilines is 1. The number of rotatable bonds is 6. The Bertz CT molecular complexity index is 638. The lowest BCUT2D eigenvalue weighted by Crippen LogP contribution is -2.26. The monoisotopic (exact) mass is 289 g/mol. The summed E-state index contributed by atoms with van der Waals surface area (Å²) in [6.45, 7) is 0.341. The lowest BCUT2D eigenvalue weighted by Gasteiger charge is -2.07. The highest BCUT2D eigenvalue weighted by Crippen LogP contribution is 2.22. The SMILES string of the molecule is CNc1ccc([N+](=O)[O-])c(C(=O)NCCc2ccco2)c1. The third kappa shape index (κ3) is 3.59. The Hall–Kier alpha value is -2.83. The lowest BCUT2D eigenvalue weighted by atomic mass is 10.1. The van der Waals surface area contributed by atoms with E-state index in [0.717, 1.165) is 5.76 Å². The van der Waals surface area contributed by atoms with Gasteiger partial charge in [-0.25, -0.2) is 0 Å². The lowest BCUT2D eigenvalue weighted by molar-refractivity contribution is -0.385. The van der Waals surface area contributed by atoms with Crippen molar-refractivity contribution in [1.29, 1.82) is 0 Å². The van der Waals surface area contributed by atoms with Gasteiger partial charge in [0.05, 0.1) is 11.2 Å². The molecule has 2 N–H and O–H groups in total. The Morgan fingerprint density at radius 2 is 2.19 bits per heavy atom. The van der Waals surface area contributed by atoms with Gasteiger partial charge >= 0.3 is 0 Å². The van der Waals surface area contributed by atoms with E-state index in [4.69, 9.17) is 4.42 Å². The molecule has 2 aromatic rings. The molecule has 21 heavy (non-hydrogen) atoms. The van der Waals surface area contributed by atoms with Gasteiger partial charge in [0.2, 0.25) is 0 Å². The first-order valence-electron chi connectivity index (χ1n) is 6.38. The molecular formula is C14H15N3O4. The zero-order valence-corrected chi connectivity index (χ0v) is 11.5. The van der Waals surface area contributed by atoms with Crippen molar-refractivity contribution >= 4 is 17.3 Å². The summed E-state index contributed by atoms with van der Waals surface area (Å²) in [6.07, 6.45) is 2.08. The predicted octanol–water partition coefficient (Wildman–Crippen LogP) is 2.20. The molecule has 0 aliphatic heterocycles. The maximum atomic E-state index is 12.1. The van der Waals surface area contributed by atoms with E-state index >= 15 is 0 Å². The fourth-order valence-corrected chi connectivity index (χ4v) is 1.88. The van der Waals surface area contributed by atoms with Crippen LogP contribution in [0.5, 0.6) is 0 Å². The maximum Gasteiger partial charge on any atom is 0.282 e. The first-order valence-corrected chi connectivity index (χ1v) is 6.38. The topological polar surface area (TPSA) is 97.4 Å². The molecule has 0 bridgehead atoms. The first-order chi connectivity index (χ1) is 10.1. The van der Waals surface area contributed by atoms with Gasteiger partial charge in [-0.2, -0.15) is 0 Å². The Balaban J connectivity index is 2.08. The summed E-state index contributed by atoms with van der Waals surface area (Å²) >= 11 is 0. The molecule has 0 radical (unpaired) electrons. The van der Waals surface area contributed by atoms with Crippen molar-refractivity contribution in [3.8, 4) is 0 Å². The summed E-state index contributed by atoms with van der Waals surface area (Å²) in [7, 11) is 1.68. The van der Waals surface area contributed by atoms with E-state index < -0.39 is 10.8 Å². The van der Waals surface area contributed by atoms with Crippen molar-refractivity contribution in [1.82, 2.24) is 5.32 Å². The van der Waals surface area contributed by atoms with Crippen LogP contribution < -0.4 is 10.6 Å². The molecule has 1 aromatic carbocycles. The number of amides is 1. The number of carbonyl (C=O) groups excluding carboxylic acids is 1. The van der Waals surface area contributed by atoms with Gasteiger partial charge < -0.3 is 15.1 Å². The standard InChI is InChI=1S/C14H15N3O4/c1-15-10-4-5-13(17(19)20)12(9-10)14(18)16-7-6-11-3-2-8-21-11/h2-5,8-9,15H,6-7H2,1H3,(H,16,18). The zero-order valence-electron chi connectivity index (χ0n) is 11.5. The molecule has 1 amide bonds. The fourth-order valence-electron chi connectivity index (χ4n) is 1.88. The minimum absolute atomic E-state index is 0.0336. The van der Waals surface area contributed by atoms with Crippen LogP contribution in [0, 0.1) is 10.1 Å². The van der Waals surface area contributed by atoms with Gasteiger partial charge in [0, 0.05) is 31.8 Å². The van der Waals surface area contributed by atoms with Gasteiger partial charge in [0.1, 0.15) is 11.3 Å². The fraction of sp³-hybridized carbons (Fsp3) is 0.214. The van der Waals surface area contributed by atoms with Gasteiger partial charge in [0.25, 0.3) is 11.6 Å². The van der Waals surface area contributed by atoms with E-state index in [-0.39, 0.29) is 11.3 Å². The number of nitrogens with zero attached hydrogens (tertiary/aromatic N) is 1. The van der Waals surface area contributed by atoms with E-state index in [0.29, 0.717) is 18.7 Å². The van der Waals surface area contributed by atoms with Crippen LogP contribution in [-0.4, -0.2) is 24.4 Å². The van der Waals surface area contributed by atoms with Crippen molar-refractivity contribution in [2.75, 3.05) is 18.9 Å². The molecule has 2 rings (SSSR count). The van der Waals surface area contributed by atoms with E-state index in [9.17, 15) is 14.9 Å². The van der Waals surface area contributed by atoms with Gasteiger partial charge in [-0.05, 0) is 24.3 Å². The van der Waals surface area contributed by atoms with Crippen LogP contribution in [0.3, 0.4) is 0 Å². The Labute approximate surface area is 121 Å². The molecule has 110 valence electrons. The number of hydrogen-bond donors (Lipinski definition) is 2. The van der Waals surface area contributed by atoms with Crippen molar-refractivity contribution in [2.45, 2.75) is 6.42 Å². The van der Waals surface area contributed by atoms with Crippen LogP contribution in [0.2, 0.25) is 0 Å². The van der Waals surface area contributed by atoms with Gasteiger partial charge in [-0.1, -0.05) is 0 Å². The van der Waals surface area contributed by atoms with E-state index in [1.807, 2.05) is 0 Å². The van der Waals surface area contributed by atoms with Crippen molar-refractivity contribution < 1.29 is 14.1 Å².